The number of aliphatic hydroxyl groups is 1. The van der Waals surface area contributed by atoms with Crippen molar-refractivity contribution in [2.45, 2.75) is 126 Å². The maximum absolute atomic E-state index is 10.9. The van der Waals surface area contributed by atoms with Gasteiger partial charge in [0, 0.05) is 0 Å². The van der Waals surface area contributed by atoms with E-state index in [-0.39, 0.29) is 11.5 Å². The Kier molecular flexibility index (Phi) is 4.82. The van der Waals surface area contributed by atoms with Crippen molar-refractivity contribution >= 4 is 0 Å². The van der Waals surface area contributed by atoms with E-state index in [4.69, 9.17) is 0 Å². The highest BCUT2D eigenvalue weighted by molar-refractivity contribution is 5.38. The molecule has 5 rings (SSSR count). The molecule has 0 aromatic rings. The molecule has 1 heteroatoms. The van der Waals surface area contributed by atoms with Crippen LogP contribution in [-0.4, -0.2) is 11.2 Å². The lowest BCUT2D eigenvalue weighted by molar-refractivity contribution is -0.165. The SMILES string of the molecule is C[C@H]1[C@H](C)CC[C@]2(C)CC[C@]3(C)C4=C(CC[C@@]3(C)[C@H]12)[C@@]1(C)CC[C@H](O)C(C)(C)[C@@H]1CC4. The number of allylic oxidation sites excluding steroid dienone is 2. The minimum absolute atomic E-state index is 0.0473. The zero-order valence-electron chi connectivity index (χ0n) is 21.9. The van der Waals surface area contributed by atoms with Gasteiger partial charge in [-0.3, -0.25) is 0 Å². The Hall–Kier alpha value is -0.300. The molecule has 3 saturated carbocycles. The fourth-order valence-electron chi connectivity index (χ4n) is 11.0. The second kappa shape index (κ2) is 6.64. The smallest absolute Gasteiger partial charge is 0.0594 e. The number of rotatable bonds is 0. The Labute approximate surface area is 192 Å². The first-order chi connectivity index (χ1) is 14.3. The molecule has 0 radical (unpaired) electrons. The van der Waals surface area contributed by atoms with Gasteiger partial charge in [0.25, 0.3) is 0 Å². The molecule has 176 valence electrons. The summed E-state index contributed by atoms with van der Waals surface area (Å²) in [6.07, 6.45) is 13.1. The average Bonchev–Trinajstić information content (AvgIpc) is 2.70. The van der Waals surface area contributed by atoms with Crippen LogP contribution in [0.3, 0.4) is 0 Å². The van der Waals surface area contributed by atoms with E-state index in [1.165, 1.54) is 57.8 Å². The van der Waals surface area contributed by atoms with Crippen LogP contribution in [-0.2, 0) is 0 Å². The molecule has 5 aliphatic carbocycles. The van der Waals surface area contributed by atoms with Crippen LogP contribution in [0.5, 0.6) is 0 Å². The quantitative estimate of drug-likeness (QED) is 0.387. The van der Waals surface area contributed by atoms with Gasteiger partial charge in [0.2, 0.25) is 0 Å². The Morgan fingerprint density at radius 3 is 2.16 bits per heavy atom. The molecule has 0 saturated heterocycles. The van der Waals surface area contributed by atoms with E-state index < -0.39 is 0 Å². The van der Waals surface area contributed by atoms with Crippen molar-refractivity contribution in [2.24, 2.45) is 50.7 Å². The fourth-order valence-corrected chi connectivity index (χ4v) is 11.0. The molecule has 0 unspecified atom stereocenters. The predicted octanol–water partition coefficient (Wildman–Crippen LogP) is 8.17. The molecule has 0 bridgehead atoms. The molecule has 0 aliphatic heterocycles. The van der Waals surface area contributed by atoms with Gasteiger partial charge in [0.1, 0.15) is 0 Å². The van der Waals surface area contributed by atoms with Crippen molar-refractivity contribution in [3.05, 3.63) is 11.1 Å². The van der Waals surface area contributed by atoms with Crippen LogP contribution < -0.4 is 0 Å². The van der Waals surface area contributed by atoms with E-state index in [0.717, 1.165) is 24.2 Å². The van der Waals surface area contributed by atoms with Gasteiger partial charge in [0.05, 0.1) is 6.10 Å². The molecular formula is C30H50O. The van der Waals surface area contributed by atoms with Gasteiger partial charge in [0.15, 0.2) is 0 Å². The number of hydrogen-bond donors (Lipinski definition) is 1. The molecular weight excluding hydrogens is 376 g/mol. The number of hydrogen-bond acceptors (Lipinski definition) is 1. The zero-order valence-corrected chi connectivity index (χ0v) is 21.9. The van der Waals surface area contributed by atoms with E-state index in [1.807, 2.05) is 11.1 Å². The van der Waals surface area contributed by atoms with Crippen molar-refractivity contribution < 1.29 is 5.11 Å². The molecule has 9 atom stereocenters. The van der Waals surface area contributed by atoms with E-state index in [9.17, 15) is 5.11 Å². The van der Waals surface area contributed by atoms with Crippen molar-refractivity contribution in [1.82, 2.24) is 0 Å². The normalized spacial score (nSPS) is 56.2. The molecule has 1 N–H and O–H groups in total. The van der Waals surface area contributed by atoms with Crippen molar-refractivity contribution in [3.8, 4) is 0 Å². The summed E-state index contributed by atoms with van der Waals surface area (Å²) in [7, 11) is 0. The summed E-state index contributed by atoms with van der Waals surface area (Å²) in [5.41, 5.74) is 5.50. The van der Waals surface area contributed by atoms with E-state index in [2.05, 4.69) is 55.4 Å². The van der Waals surface area contributed by atoms with E-state index in [0.29, 0.717) is 27.6 Å². The maximum atomic E-state index is 10.9. The lowest BCUT2D eigenvalue weighted by atomic mass is 9.35. The van der Waals surface area contributed by atoms with Gasteiger partial charge >= 0.3 is 0 Å². The van der Waals surface area contributed by atoms with Crippen molar-refractivity contribution in [3.63, 3.8) is 0 Å². The number of aliphatic hydroxyl groups excluding tert-OH is 1. The van der Waals surface area contributed by atoms with Gasteiger partial charge < -0.3 is 5.11 Å². The summed E-state index contributed by atoms with van der Waals surface area (Å²) >= 11 is 0. The standard InChI is InChI=1S/C30H50O/c1-19-11-14-27(5)17-18-29(7)22-9-10-23-26(3,4)24(31)13-15-28(23,6)21(22)12-16-30(29,8)25(27)20(19)2/h19-20,23-25,31H,9-18H2,1-8H3/t19-,20+,23+,24+,25-,27-,28-,29-,30+/m1/s1. The fraction of sp³-hybridized carbons (Fsp3) is 0.933. The highest BCUT2D eigenvalue weighted by Gasteiger charge is 2.66. The molecule has 0 spiro atoms. The van der Waals surface area contributed by atoms with Crippen LogP contribution in [0.25, 0.3) is 0 Å². The summed E-state index contributed by atoms with van der Waals surface area (Å²) in [6.45, 7) is 20.6. The highest BCUT2D eigenvalue weighted by atomic mass is 16.3. The van der Waals surface area contributed by atoms with Crippen LogP contribution in [0.15, 0.2) is 11.1 Å². The first kappa shape index (κ1) is 22.5. The van der Waals surface area contributed by atoms with Gasteiger partial charge in [-0.05, 0) is 115 Å². The Morgan fingerprint density at radius 2 is 1.45 bits per heavy atom. The van der Waals surface area contributed by atoms with Crippen LogP contribution in [0.1, 0.15) is 120 Å². The van der Waals surface area contributed by atoms with Crippen molar-refractivity contribution in [1.29, 1.82) is 0 Å². The lowest BCUT2D eigenvalue weighted by Crippen LogP contribution is -2.62. The van der Waals surface area contributed by atoms with Gasteiger partial charge in [-0.1, -0.05) is 66.5 Å². The molecule has 0 amide bonds. The second-order valence-electron chi connectivity index (χ2n) is 14.6. The molecule has 5 aliphatic rings. The topological polar surface area (TPSA) is 20.2 Å². The van der Waals surface area contributed by atoms with Gasteiger partial charge in [-0.2, -0.15) is 0 Å². The summed E-state index contributed by atoms with van der Waals surface area (Å²) in [6, 6.07) is 0. The highest BCUT2D eigenvalue weighted by Crippen LogP contribution is 2.75. The van der Waals surface area contributed by atoms with E-state index in [1.54, 1.807) is 0 Å². The third kappa shape index (κ3) is 2.65. The Balaban J connectivity index is 1.61. The van der Waals surface area contributed by atoms with Crippen molar-refractivity contribution in [2.75, 3.05) is 0 Å². The van der Waals surface area contributed by atoms with Gasteiger partial charge in [-0.25, -0.2) is 0 Å². The molecule has 3 fully saturated rings. The Morgan fingerprint density at radius 1 is 0.742 bits per heavy atom. The van der Waals surface area contributed by atoms with Crippen LogP contribution in [0.4, 0.5) is 0 Å². The van der Waals surface area contributed by atoms with Crippen LogP contribution in [0, 0.1) is 50.7 Å². The summed E-state index contributed by atoms with van der Waals surface area (Å²) in [4.78, 5) is 0. The monoisotopic (exact) mass is 426 g/mol. The summed E-state index contributed by atoms with van der Waals surface area (Å²) in [5.74, 6) is 3.23. The van der Waals surface area contributed by atoms with Gasteiger partial charge in [-0.15, -0.1) is 0 Å². The minimum atomic E-state index is -0.128. The third-order valence-corrected chi connectivity index (χ3v) is 13.2. The minimum Gasteiger partial charge on any atom is -0.393 e. The molecule has 31 heavy (non-hydrogen) atoms. The third-order valence-electron chi connectivity index (χ3n) is 13.2. The largest absolute Gasteiger partial charge is 0.393 e. The second-order valence-corrected chi connectivity index (χ2v) is 14.6. The number of fused-ring (bicyclic) bond motifs is 6. The first-order valence-corrected chi connectivity index (χ1v) is 13.7. The first-order valence-electron chi connectivity index (χ1n) is 13.7. The van der Waals surface area contributed by atoms with Crippen LogP contribution >= 0.6 is 0 Å². The maximum Gasteiger partial charge on any atom is 0.0594 e. The zero-order chi connectivity index (χ0) is 22.6. The molecule has 0 aromatic heterocycles. The molecule has 0 heterocycles. The molecule has 1 nitrogen and oxygen atoms in total. The van der Waals surface area contributed by atoms with Crippen LogP contribution in [0.2, 0.25) is 0 Å². The predicted molar refractivity (Wildman–Crippen MR) is 131 cm³/mol. The summed E-state index contributed by atoms with van der Waals surface area (Å²) < 4.78 is 0. The Bertz CT molecular complexity index is 792. The summed E-state index contributed by atoms with van der Waals surface area (Å²) in [5, 5.41) is 10.9. The lowest BCUT2D eigenvalue weighted by Gasteiger charge is -2.70. The molecule has 0 aromatic carbocycles. The van der Waals surface area contributed by atoms with E-state index >= 15 is 0 Å². The average molecular weight is 427 g/mol.